The van der Waals surface area contributed by atoms with Crippen molar-refractivity contribution in [2.45, 2.75) is 19.0 Å². The van der Waals surface area contributed by atoms with Crippen LogP contribution < -0.4 is 11.1 Å². The first kappa shape index (κ1) is 9.40. The summed E-state index contributed by atoms with van der Waals surface area (Å²) in [6.07, 6.45) is 2.13. The van der Waals surface area contributed by atoms with Gasteiger partial charge in [0.25, 0.3) is 0 Å². The zero-order chi connectivity index (χ0) is 10.2. The fourth-order valence-electron chi connectivity index (χ4n) is 1.83. The molecular formula is C10H14FN3. The van der Waals surface area contributed by atoms with Crippen LogP contribution >= 0.6 is 0 Å². The quantitative estimate of drug-likeness (QED) is 0.706. The van der Waals surface area contributed by atoms with Gasteiger partial charge in [0.2, 0.25) is 0 Å². The van der Waals surface area contributed by atoms with E-state index in [1.807, 2.05) is 6.92 Å². The molecule has 76 valence electrons. The smallest absolute Gasteiger partial charge is 0.153 e. The fraction of sp³-hybridized carbons (Fsp3) is 0.500. The Balaban J connectivity index is 2.44. The topological polar surface area (TPSA) is 50.9 Å². The second-order valence-electron chi connectivity index (χ2n) is 3.84. The highest BCUT2D eigenvalue weighted by molar-refractivity contribution is 5.45. The molecule has 0 aliphatic carbocycles. The normalized spacial score (nSPS) is 26.7. The van der Waals surface area contributed by atoms with Gasteiger partial charge in [-0.2, -0.15) is 0 Å². The number of nitrogens with zero attached hydrogens (tertiary/aromatic N) is 1. The standard InChI is InChI=1S/C10H14FN3/c1-7-4-8(9(12)14-5-7)10(11)2-3-13-6-10/h4-5,13H,2-3,6H2,1H3,(H2,12,14). The number of hydrogen-bond donors (Lipinski definition) is 2. The van der Waals surface area contributed by atoms with Gasteiger partial charge in [-0.15, -0.1) is 0 Å². The average Bonchev–Trinajstić information content (AvgIpc) is 2.58. The van der Waals surface area contributed by atoms with Gasteiger partial charge >= 0.3 is 0 Å². The van der Waals surface area contributed by atoms with Gasteiger partial charge < -0.3 is 11.1 Å². The van der Waals surface area contributed by atoms with E-state index in [-0.39, 0.29) is 0 Å². The largest absolute Gasteiger partial charge is 0.383 e. The maximum absolute atomic E-state index is 14.3. The van der Waals surface area contributed by atoms with E-state index in [1.165, 1.54) is 0 Å². The summed E-state index contributed by atoms with van der Waals surface area (Å²) < 4.78 is 14.3. The summed E-state index contributed by atoms with van der Waals surface area (Å²) in [5, 5.41) is 3.00. The van der Waals surface area contributed by atoms with Gasteiger partial charge in [-0.05, 0) is 31.5 Å². The second-order valence-corrected chi connectivity index (χ2v) is 3.84. The Bertz CT molecular complexity index is 345. The maximum Gasteiger partial charge on any atom is 0.153 e. The van der Waals surface area contributed by atoms with Gasteiger partial charge in [-0.25, -0.2) is 9.37 Å². The first-order valence-electron chi connectivity index (χ1n) is 4.74. The molecule has 14 heavy (non-hydrogen) atoms. The summed E-state index contributed by atoms with van der Waals surface area (Å²) in [5.74, 6) is 0.307. The van der Waals surface area contributed by atoms with E-state index in [4.69, 9.17) is 5.73 Å². The monoisotopic (exact) mass is 195 g/mol. The van der Waals surface area contributed by atoms with Crippen LogP contribution in [0.2, 0.25) is 0 Å². The summed E-state index contributed by atoms with van der Waals surface area (Å²) in [5.41, 5.74) is 5.82. The summed E-state index contributed by atoms with van der Waals surface area (Å²) in [6.45, 7) is 2.92. The summed E-state index contributed by atoms with van der Waals surface area (Å²) in [6, 6.07) is 1.79. The molecule has 1 aromatic heterocycles. The maximum atomic E-state index is 14.3. The molecule has 0 saturated carbocycles. The molecule has 0 radical (unpaired) electrons. The first-order valence-corrected chi connectivity index (χ1v) is 4.74. The lowest BCUT2D eigenvalue weighted by Gasteiger charge is -2.20. The zero-order valence-electron chi connectivity index (χ0n) is 8.18. The molecular weight excluding hydrogens is 181 g/mol. The summed E-state index contributed by atoms with van der Waals surface area (Å²) in [7, 11) is 0. The van der Waals surface area contributed by atoms with E-state index in [0.29, 0.717) is 30.9 Å². The molecule has 0 spiro atoms. The van der Waals surface area contributed by atoms with Crippen LogP contribution in [-0.4, -0.2) is 18.1 Å². The first-order chi connectivity index (χ1) is 6.62. The van der Waals surface area contributed by atoms with Crippen molar-refractivity contribution < 1.29 is 4.39 Å². The number of nitrogens with two attached hydrogens (primary N) is 1. The predicted octanol–water partition coefficient (Wildman–Crippen LogP) is 1.13. The Hall–Kier alpha value is -1.16. The van der Waals surface area contributed by atoms with Crippen molar-refractivity contribution in [3.8, 4) is 0 Å². The molecule has 0 bridgehead atoms. The Morgan fingerprint density at radius 3 is 3.07 bits per heavy atom. The molecule has 1 aliphatic heterocycles. The SMILES string of the molecule is Cc1cnc(N)c(C2(F)CCNC2)c1. The van der Waals surface area contributed by atoms with E-state index >= 15 is 0 Å². The van der Waals surface area contributed by atoms with E-state index in [9.17, 15) is 4.39 Å². The Morgan fingerprint density at radius 2 is 2.43 bits per heavy atom. The van der Waals surface area contributed by atoms with Crippen LogP contribution in [0.25, 0.3) is 0 Å². The van der Waals surface area contributed by atoms with Gasteiger partial charge in [0, 0.05) is 18.3 Å². The number of nitrogen functional groups attached to an aromatic ring is 1. The molecule has 3 N–H and O–H groups in total. The molecule has 1 aromatic rings. The molecule has 1 aliphatic rings. The van der Waals surface area contributed by atoms with Gasteiger partial charge in [-0.3, -0.25) is 0 Å². The third kappa shape index (κ3) is 1.46. The number of aryl methyl sites for hydroxylation is 1. The number of halogens is 1. The highest BCUT2D eigenvalue weighted by Crippen LogP contribution is 2.35. The van der Waals surface area contributed by atoms with E-state index in [2.05, 4.69) is 10.3 Å². The van der Waals surface area contributed by atoms with E-state index < -0.39 is 5.67 Å². The van der Waals surface area contributed by atoms with Crippen molar-refractivity contribution in [3.63, 3.8) is 0 Å². The Labute approximate surface area is 82.5 Å². The molecule has 2 rings (SSSR count). The van der Waals surface area contributed by atoms with Gasteiger partial charge in [0.1, 0.15) is 5.82 Å². The number of aromatic nitrogens is 1. The summed E-state index contributed by atoms with van der Waals surface area (Å²) >= 11 is 0. The van der Waals surface area contributed by atoms with Crippen LogP contribution in [-0.2, 0) is 5.67 Å². The van der Waals surface area contributed by atoms with Crippen LogP contribution in [0.15, 0.2) is 12.3 Å². The molecule has 1 unspecified atom stereocenters. The fourth-order valence-corrected chi connectivity index (χ4v) is 1.83. The van der Waals surface area contributed by atoms with Crippen LogP contribution in [0.5, 0.6) is 0 Å². The van der Waals surface area contributed by atoms with Crippen molar-refractivity contribution in [2.75, 3.05) is 18.8 Å². The van der Waals surface area contributed by atoms with E-state index in [1.54, 1.807) is 12.3 Å². The van der Waals surface area contributed by atoms with Crippen LogP contribution in [0.4, 0.5) is 10.2 Å². The zero-order valence-corrected chi connectivity index (χ0v) is 8.18. The van der Waals surface area contributed by atoms with Crippen molar-refractivity contribution in [3.05, 3.63) is 23.4 Å². The van der Waals surface area contributed by atoms with Gasteiger partial charge in [0.05, 0.1) is 0 Å². The van der Waals surface area contributed by atoms with Gasteiger partial charge in [-0.1, -0.05) is 0 Å². The lowest BCUT2D eigenvalue weighted by atomic mass is 9.94. The third-order valence-electron chi connectivity index (χ3n) is 2.64. The Morgan fingerprint density at radius 1 is 1.64 bits per heavy atom. The molecule has 2 heterocycles. The van der Waals surface area contributed by atoms with E-state index in [0.717, 1.165) is 5.56 Å². The number of anilines is 1. The molecule has 1 saturated heterocycles. The lowest BCUT2D eigenvalue weighted by molar-refractivity contribution is 0.194. The van der Waals surface area contributed by atoms with Crippen molar-refractivity contribution in [1.82, 2.24) is 10.3 Å². The molecule has 1 fully saturated rings. The molecule has 1 atom stereocenters. The number of hydrogen-bond acceptors (Lipinski definition) is 3. The number of pyridine rings is 1. The number of alkyl halides is 1. The van der Waals surface area contributed by atoms with Crippen molar-refractivity contribution in [1.29, 1.82) is 0 Å². The van der Waals surface area contributed by atoms with Crippen LogP contribution in [0.3, 0.4) is 0 Å². The van der Waals surface area contributed by atoms with Gasteiger partial charge in [0.15, 0.2) is 5.67 Å². The highest BCUT2D eigenvalue weighted by Gasteiger charge is 2.37. The highest BCUT2D eigenvalue weighted by atomic mass is 19.1. The number of rotatable bonds is 1. The van der Waals surface area contributed by atoms with Crippen molar-refractivity contribution >= 4 is 5.82 Å². The second kappa shape index (κ2) is 3.20. The molecule has 0 aromatic carbocycles. The number of nitrogens with one attached hydrogen (secondary N) is 1. The summed E-state index contributed by atoms with van der Waals surface area (Å²) in [4.78, 5) is 3.98. The molecule has 0 amide bonds. The van der Waals surface area contributed by atoms with Crippen molar-refractivity contribution in [2.24, 2.45) is 0 Å². The lowest BCUT2D eigenvalue weighted by Crippen LogP contribution is -2.25. The molecule has 4 heteroatoms. The minimum absolute atomic E-state index is 0.307. The molecule has 3 nitrogen and oxygen atoms in total. The predicted molar refractivity (Wildman–Crippen MR) is 53.7 cm³/mol. The third-order valence-corrected chi connectivity index (χ3v) is 2.64. The van der Waals surface area contributed by atoms with Crippen LogP contribution in [0.1, 0.15) is 17.5 Å². The minimum Gasteiger partial charge on any atom is -0.383 e. The minimum atomic E-state index is -1.33. The Kier molecular flexibility index (Phi) is 2.15. The van der Waals surface area contributed by atoms with Crippen LogP contribution in [0, 0.1) is 6.92 Å². The average molecular weight is 195 g/mol.